The molecule has 1 aliphatic rings. The smallest absolute Gasteiger partial charge is 0.158 e. The highest BCUT2D eigenvalue weighted by atomic mass is 16.7. The highest BCUT2D eigenvalue weighted by molar-refractivity contribution is 5.35. The zero-order valence-electron chi connectivity index (χ0n) is 9.08. The van der Waals surface area contributed by atoms with Crippen molar-refractivity contribution in [3.05, 3.63) is 0 Å². The summed E-state index contributed by atoms with van der Waals surface area (Å²) in [4.78, 5) is 0. The van der Waals surface area contributed by atoms with Crippen molar-refractivity contribution in [1.29, 1.82) is 0 Å². The summed E-state index contributed by atoms with van der Waals surface area (Å²) in [5.41, 5.74) is 0. The van der Waals surface area contributed by atoms with Gasteiger partial charge in [-0.1, -0.05) is 11.8 Å². The van der Waals surface area contributed by atoms with Gasteiger partial charge in [-0.05, 0) is 42.9 Å². The quantitative estimate of drug-likeness (QED) is 0.687. The molecule has 84 valence electrons. The minimum absolute atomic E-state index is 0.106. The normalized spacial score (nSPS) is 18.2. The first-order valence-corrected chi connectivity index (χ1v) is 5.23. The highest BCUT2D eigenvalue weighted by Gasteiger charge is 2.12. The molecule has 1 heterocycles. The molecule has 0 spiro atoms. The minimum atomic E-state index is -0.176. The SMILES string of the molecule is OCC#CC#CC#CCOC1CCCCO1. The topological polar surface area (TPSA) is 38.7 Å². The zero-order chi connectivity index (χ0) is 11.5. The molecule has 0 aromatic heterocycles. The number of hydrogen-bond acceptors (Lipinski definition) is 3. The van der Waals surface area contributed by atoms with Crippen LogP contribution < -0.4 is 0 Å². The molecule has 1 rings (SSSR count). The summed E-state index contributed by atoms with van der Waals surface area (Å²) >= 11 is 0. The van der Waals surface area contributed by atoms with Crippen molar-refractivity contribution in [3.63, 3.8) is 0 Å². The number of aliphatic hydroxyl groups is 1. The maximum atomic E-state index is 8.34. The second-order valence-electron chi connectivity index (χ2n) is 3.12. The lowest BCUT2D eigenvalue weighted by atomic mass is 10.2. The van der Waals surface area contributed by atoms with E-state index in [9.17, 15) is 0 Å². The summed E-state index contributed by atoms with van der Waals surface area (Å²) in [6.07, 6.45) is 3.09. The van der Waals surface area contributed by atoms with Crippen molar-refractivity contribution in [1.82, 2.24) is 0 Å². The lowest BCUT2D eigenvalue weighted by Crippen LogP contribution is -2.22. The Kier molecular flexibility index (Phi) is 6.97. The summed E-state index contributed by atoms with van der Waals surface area (Å²) in [5.74, 6) is 15.2. The molecule has 0 saturated carbocycles. The van der Waals surface area contributed by atoms with Crippen molar-refractivity contribution >= 4 is 0 Å². The monoisotopic (exact) mass is 218 g/mol. The van der Waals surface area contributed by atoms with E-state index in [0.717, 1.165) is 25.9 Å². The molecule has 1 unspecified atom stereocenters. The lowest BCUT2D eigenvalue weighted by molar-refractivity contribution is -0.154. The van der Waals surface area contributed by atoms with Crippen LogP contribution in [0.25, 0.3) is 0 Å². The van der Waals surface area contributed by atoms with Crippen LogP contribution in [-0.4, -0.2) is 31.2 Å². The van der Waals surface area contributed by atoms with Gasteiger partial charge >= 0.3 is 0 Å². The second kappa shape index (κ2) is 8.84. The van der Waals surface area contributed by atoms with Gasteiger partial charge in [0.15, 0.2) is 6.29 Å². The van der Waals surface area contributed by atoms with Gasteiger partial charge in [-0.3, -0.25) is 0 Å². The van der Waals surface area contributed by atoms with E-state index >= 15 is 0 Å². The minimum Gasteiger partial charge on any atom is -0.384 e. The Balaban J connectivity index is 2.13. The summed E-state index contributed by atoms with van der Waals surface area (Å²) < 4.78 is 10.7. The third kappa shape index (κ3) is 6.12. The van der Waals surface area contributed by atoms with Gasteiger partial charge in [0.05, 0.1) is 0 Å². The van der Waals surface area contributed by atoms with E-state index in [-0.39, 0.29) is 12.9 Å². The summed E-state index contributed by atoms with van der Waals surface area (Å²) in [5, 5.41) is 8.34. The van der Waals surface area contributed by atoms with Crippen LogP contribution in [0.3, 0.4) is 0 Å². The molecule has 0 bridgehead atoms. The molecule has 1 N–H and O–H groups in total. The molecule has 0 aliphatic carbocycles. The maximum Gasteiger partial charge on any atom is 0.158 e. The van der Waals surface area contributed by atoms with Gasteiger partial charge in [-0.15, -0.1) is 0 Å². The van der Waals surface area contributed by atoms with E-state index in [2.05, 4.69) is 35.5 Å². The zero-order valence-corrected chi connectivity index (χ0v) is 9.08. The fourth-order valence-corrected chi connectivity index (χ4v) is 1.20. The van der Waals surface area contributed by atoms with E-state index in [0.29, 0.717) is 6.61 Å². The Morgan fingerprint density at radius 2 is 1.94 bits per heavy atom. The molecular weight excluding hydrogens is 204 g/mol. The van der Waals surface area contributed by atoms with Crippen LogP contribution in [0.1, 0.15) is 19.3 Å². The molecule has 1 fully saturated rings. The van der Waals surface area contributed by atoms with Crippen molar-refractivity contribution in [2.45, 2.75) is 25.6 Å². The van der Waals surface area contributed by atoms with Gasteiger partial charge in [-0.2, -0.15) is 0 Å². The van der Waals surface area contributed by atoms with Crippen molar-refractivity contribution in [3.8, 4) is 35.5 Å². The van der Waals surface area contributed by atoms with Crippen molar-refractivity contribution in [2.24, 2.45) is 0 Å². The predicted octanol–water partition coefficient (Wildman–Crippen LogP) is 0.532. The van der Waals surface area contributed by atoms with Gasteiger partial charge in [0, 0.05) is 6.61 Å². The fourth-order valence-electron chi connectivity index (χ4n) is 1.20. The molecule has 0 amide bonds. The molecule has 0 aromatic rings. The van der Waals surface area contributed by atoms with Gasteiger partial charge in [0.2, 0.25) is 0 Å². The Labute approximate surface area is 96.1 Å². The van der Waals surface area contributed by atoms with E-state index in [1.807, 2.05) is 0 Å². The molecule has 3 nitrogen and oxygen atoms in total. The van der Waals surface area contributed by atoms with E-state index in [1.54, 1.807) is 0 Å². The molecule has 1 aliphatic heterocycles. The van der Waals surface area contributed by atoms with E-state index in [1.165, 1.54) is 0 Å². The summed E-state index contributed by atoms with van der Waals surface area (Å²) in [6, 6.07) is 0. The first kappa shape index (κ1) is 12.6. The predicted molar refractivity (Wildman–Crippen MR) is 60.0 cm³/mol. The van der Waals surface area contributed by atoms with Crippen LogP contribution in [0.4, 0.5) is 0 Å². The Hall–Kier alpha value is -1.44. The van der Waals surface area contributed by atoms with Crippen molar-refractivity contribution < 1.29 is 14.6 Å². The summed E-state index contributed by atoms with van der Waals surface area (Å²) in [7, 11) is 0. The van der Waals surface area contributed by atoms with E-state index in [4.69, 9.17) is 14.6 Å². The molecule has 1 atom stereocenters. The van der Waals surface area contributed by atoms with Gasteiger partial charge in [0.1, 0.15) is 13.2 Å². The molecule has 0 radical (unpaired) electrons. The first-order chi connectivity index (χ1) is 7.93. The van der Waals surface area contributed by atoms with Gasteiger partial charge in [0.25, 0.3) is 0 Å². The third-order valence-corrected chi connectivity index (χ3v) is 1.92. The number of hydrogen-bond donors (Lipinski definition) is 1. The second-order valence-corrected chi connectivity index (χ2v) is 3.12. The molecule has 1 saturated heterocycles. The molecule has 3 heteroatoms. The Bertz CT molecular complexity index is 361. The number of aliphatic hydroxyl groups excluding tert-OH is 1. The Morgan fingerprint density at radius 1 is 1.12 bits per heavy atom. The van der Waals surface area contributed by atoms with E-state index < -0.39 is 0 Å². The number of rotatable bonds is 2. The highest BCUT2D eigenvalue weighted by Crippen LogP contribution is 2.12. The van der Waals surface area contributed by atoms with Crippen molar-refractivity contribution in [2.75, 3.05) is 19.8 Å². The van der Waals surface area contributed by atoms with Crippen LogP contribution in [0.2, 0.25) is 0 Å². The average Bonchev–Trinajstić information content (AvgIpc) is 2.34. The number of ether oxygens (including phenoxy) is 2. The average molecular weight is 218 g/mol. The van der Waals surface area contributed by atoms with Crippen LogP contribution in [0, 0.1) is 35.5 Å². The first-order valence-electron chi connectivity index (χ1n) is 5.23. The molecule has 16 heavy (non-hydrogen) atoms. The Morgan fingerprint density at radius 3 is 2.62 bits per heavy atom. The maximum absolute atomic E-state index is 8.34. The van der Waals surface area contributed by atoms with Gasteiger partial charge in [-0.25, -0.2) is 0 Å². The van der Waals surface area contributed by atoms with Crippen LogP contribution in [0.15, 0.2) is 0 Å². The van der Waals surface area contributed by atoms with Crippen LogP contribution in [-0.2, 0) is 9.47 Å². The van der Waals surface area contributed by atoms with Crippen LogP contribution in [0.5, 0.6) is 0 Å². The van der Waals surface area contributed by atoms with Gasteiger partial charge < -0.3 is 14.6 Å². The van der Waals surface area contributed by atoms with Crippen LogP contribution >= 0.6 is 0 Å². The molecular formula is C13H14O3. The molecule has 0 aromatic carbocycles. The largest absolute Gasteiger partial charge is 0.384 e. The third-order valence-electron chi connectivity index (χ3n) is 1.92. The fraction of sp³-hybridized carbons (Fsp3) is 0.538. The summed E-state index contributed by atoms with van der Waals surface area (Å²) in [6.45, 7) is 0.922. The lowest BCUT2D eigenvalue weighted by Gasteiger charge is -2.21. The standard InChI is InChI=1S/C13H14O3/c14-10-6-3-1-2-4-7-11-15-13-9-5-8-12-16-13/h13-14H,5,8-12H2.